The molecule has 1 fully saturated rings. The number of fused-ring (bicyclic) bond motifs is 1. The average molecular weight is 422 g/mol. The molecule has 1 aromatic heterocycles. The summed E-state index contributed by atoms with van der Waals surface area (Å²) in [6.45, 7) is 1.27. The molecule has 3 aromatic rings. The maximum absolute atomic E-state index is 12.9. The Labute approximate surface area is 170 Å². The van der Waals surface area contributed by atoms with Crippen molar-refractivity contribution in [3.05, 3.63) is 52.0 Å². The van der Waals surface area contributed by atoms with Crippen molar-refractivity contribution in [2.75, 3.05) is 25.5 Å². The Kier molecular flexibility index (Phi) is 5.12. The number of methoxy groups -OCH3 is 1. The van der Waals surface area contributed by atoms with Crippen LogP contribution >= 0.6 is 34.5 Å². The van der Waals surface area contributed by atoms with E-state index >= 15 is 0 Å². The number of hydrogen-bond donors (Lipinski definition) is 1. The van der Waals surface area contributed by atoms with Gasteiger partial charge in [-0.3, -0.25) is 4.79 Å². The summed E-state index contributed by atoms with van der Waals surface area (Å²) >= 11 is 13.7. The monoisotopic (exact) mass is 421 g/mol. The second-order valence-corrected chi connectivity index (χ2v) is 8.26. The van der Waals surface area contributed by atoms with E-state index in [9.17, 15) is 4.79 Å². The zero-order chi connectivity index (χ0) is 19.0. The third-order valence-corrected chi connectivity index (χ3v) is 5.97. The molecule has 0 saturated carbocycles. The van der Waals surface area contributed by atoms with Gasteiger partial charge >= 0.3 is 0 Å². The smallest absolute Gasteiger partial charge is 0.257 e. The highest BCUT2D eigenvalue weighted by molar-refractivity contribution is 7.22. The highest BCUT2D eigenvalue weighted by atomic mass is 35.5. The first kappa shape index (κ1) is 18.3. The van der Waals surface area contributed by atoms with Crippen molar-refractivity contribution in [1.29, 1.82) is 0 Å². The Morgan fingerprint density at radius 3 is 2.85 bits per heavy atom. The number of likely N-dealkylation sites (tertiary alicyclic amines) is 1. The summed E-state index contributed by atoms with van der Waals surface area (Å²) in [5, 5.41) is 5.49. The Morgan fingerprint density at radius 2 is 2.04 bits per heavy atom. The van der Waals surface area contributed by atoms with Crippen LogP contribution in [-0.2, 0) is 0 Å². The van der Waals surface area contributed by atoms with E-state index in [2.05, 4.69) is 10.3 Å². The van der Waals surface area contributed by atoms with Crippen LogP contribution in [0.2, 0.25) is 10.0 Å². The lowest BCUT2D eigenvalue weighted by molar-refractivity contribution is 0.0788. The zero-order valence-electron chi connectivity index (χ0n) is 14.5. The topological polar surface area (TPSA) is 54.5 Å². The van der Waals surface area contributed by atoms with Crippen LogP contribution in [0.4, 0.5) is 5.13 Å². The third-order valence-electron chi connectivity index (χ3n) is 4.55. The van der Waals surface area contributed by atoms with E-state index in [0.29, 0.717) is 34.4 Å². The minimum Gasteiger partial charge on any atom is -0.496 e. The van der Waals surface area contributed by atoms with Crippen LogP contribution in [0, 0.1) is 0 Å². The van der Waals surface area contributed by atoms with Gasteiger partial charge in [-0.1, -0.05) is 34.5 Å². The number of nitrogens with one attached hydrogen (secondary N) is 1. The van der Waals surface area contributed by atoms with Gasteiger partial charge in [-0.05, 0) is 42.8 Å². The van der Waals surface area contributed by atoms with E-state index in [0.717, 1.165) is 21.8 Å². The lowest BCUT2D eigenvalue weighted by Gasteiger charge is -2.18. The van der Waals surface area contributed by atoms with E-state index < -0.39 is 0 Å². The summed E-state index contributed by atoms with van der Waals surface area (Å²) in [6, 6.07) is 10.9. The van der Waals surface area contributed by atoms with Gasteiger partial charge in [0.1, 0.15) is 5.75 Å². The molecule has 1 atom stereocenters. The van der Waals surface area contributed by atoms with E-state index in [1.165, 1.54) is 0 Å². The summed E-state index contributed by atoms with van der Waals surface area (Å²) in [5.74, 6) is 0.457. The molecule has 2 aromatic carbocycles. The molecule has 0 aliphatic carbocycles. The minimum atomic E-state index is -0.0743. The summed E-state index contributed by atoms with van der Waals surface area (Å²) in [7, 11) is 1.55. The molecular weight excluding hydrogens is 405 g/mol. The van der Waals surface area contributed by atoms with Crippen molar-refractivity contribution < 1.29 is 9.53 Å². The first-order valence-corrected chi connectivity index (χ1v) is 10.1. The van der Waals surface area contributed by atoms with Gasteiger partial charge in [0.2, 0.25) is 0 Å². The first-order chi connectivity index (χ1) is 13.0. The van der Waals surface area contributed by atoms with Gasteiger partial charge in [-0.25, -0.2) is 4.98 Å². The fraction of sp³-hybridized carbons (Fsp3) is 0.263. The minimum absolute atomic E-state index is 0.0743. The molecule has 1 unspecified atom stereocenters. The van der Waals surface area contributed by atoms with Crippen LogP contribution < -0.4 is 10.1 Å². The summed E-state index contributed by atoms with van der Waals surface area (Å²) < 4.78 is 6.35. The van der Waals surface area contributed by atoms with Gasteiger partial charge < -0.3 is 15.0 Å². The fourth-order valence-electron chi connectivity index (χ4n) is 3.22. The average Bonchev–Trinajstić information content (AvgIpc) is 3.27. The molecule has 2 heterocycles. The van der Waals surface area contributed by atoms with E-state index in [4.69, 9.17) is 27.9 Å². The third kappa shape index (κ3) is 3.83. The number of benzene rings is 2. The standard InChI is InChI=1S/C19H17Cl2N3O2S/c1-26-16-5-3-11(20)8-14(16)18(25)24-7-6-13(10-24)22-19-23-15-4-2-12(21)9-17(15)27-19/h2-5,8-9,13H,6-7,10H2,1H3,(H,22,23). The van der Waals surface area contributed by atoms with Crippen LogP contribution in [0.15, 0.2) is 36.4 Å². The fourth-order valence-corrected chi connectivity index (χ4v) is 4.61. The molecule has 0 radical (unpaired) electrons. The Bertz CT molecular complexity index is 1010. The number of rotatable bonds is 4. The molecule has 27 heavy (non-hydrogen) atoms. The van der Waals surface area contributed by atoms with Gasteiger partial charge in [0.05, 0.1) is 22.9 Å². The van der Waals surface area contributed by atoms with Gasteiger partial charge in [0.15, 0.2) is 5.13 Å². The number of thiazole rings is 1. The second kappa shape index (κ2) is 7.54. The summed E-state index contributed by atoms with van der Waals surface area (Å²) in [5.41, 5.74) is 1.40. The lowest BCUT2D eigenvalue weighted by atomic mass is 10.1. The Hall–Kier alpha value is -2.02. The molecule has 4 rings (SSSR count). The van der Waals surface area contributed by atoms with Crippen molar-refractivity contribution in [3.63, 3.8) is 0 Å². The number of amides is 1. The molecule has 1 N–H and O–H groups in total. The SMILES string of the molecule is COc1ccc(Cl)cc1C(=O)N1CCC(Nc2nc3ccc(Cl)cc3s2)C1. The van der Waals surface area contributed by atoms with E-state index in [-0.39, 0.29) is 11.9 Å². The van der Waals surface area contributed by atoms with Crippen LogP contribution in [0.25, 0.3) is 10.2 Å². The summed E-state index contributed by atoms with van der Waals surface area (Å²) in [6.07, 6.45) is 0.852. The largest absolute Gasteiger partial charge is 0.496 e. The van der Waals surface area contributed by atoms with Gasteiger partial charge in [-0.15, -0.1) is 0 Å². The predicted molar refractivity (Wildman–Crippen MR) is 111 cm³/mol. The van der Waals surface area contributed by atoms with Crippen molar-refractivity contribution in [1.82, 2.24) is 9.88 Å². The first-order valence-electron chi connectivity index (χ1n) is 8.49. The number of nitrogens with zero attached hydrogens (tertiary/aromatic N) is 2. The summed E-state index contributed by atoms with van der Waals surface area (Å²) in [4.78, 5) is 19.3. The van der Waals surface area contributed by atoms with Crippen LogP contribution in [0.3, 0.4) is 0 Å². The van der Waals surface area contributed by atoms with E-state index in [1.54, 1.807) is 36.6 Å². The van der Waals surface area contributed by atoms with Crippen LogP contribution in [-0.4, -0.2) is 42.0 Å². The molecule has 1 amide bonds. The van der Waals surface area contributed by atoms with Crippen molar-refractivity contribution in [2.24, 2.45) is 0 Å². The molecule has 5 nitrogen and oxygen atoms in total. The quantitative estimate of drug-likeness (QED) is 0.647. The number of halogens is 2. The van der Waals surface area contributed by atoms with Crippen molar-refractivity contribution >= 4 is 55.8 Å². The molecule has 140 valence electrons. The molecular formula is C19H17Cl2N3O2S. The number of hydrogen-bond acceptors (Lipinski definition) is 5. The number of carbonyl (C=O) groups is 1. The van der Waals surface area contributed by atoms with Gasteiger partial charge in [-0.2, -0.15) is 0 Å². The molecule has 1 aliphatic rings. The highest BCUT2D eigenvalue weighted by Crippen LogP contribution is 2.30. The highest BCUT2D eigenvalue weighted by Gasteiger charge is 2.29. The number of anilines is 1. The van der Waals surface area contributed by atoms with Crippen molar-refractivity contribution in [2.45, 2.75) is 12.5 Å². The molecule has 1 saturated heterocycles. The second-order valence-electron chi connectivity index (χ2n) is 6.36. The normalized spacial score (nSPS) is 16.7. The van der Waals surface area contributed by atoms with Crippen LogP contribution in [0.1, 0.15) is 16.8 Å². The molecule has 1 aliphatic heterocycles. The lowest BCUT2D eigenvalue weighted by Crippen LogP contribution is -2.31. The maximum atomic E-state index is 12.9. The molecule has 0 spiro atoms. The predicted octanol–water partition coefficient (Wildman–Crippen LogP) is 4.94. The van der Waals surface area contributed by atoms with Gasteiger partial charge in [0, 0.05) is 29.2 Å². The number of carbonyl (C=O) groups excluding carboxylic acids is 1. The Morgan fingerprint density at radius 1 is 1.26 bits per heavy atom. The zero-order valence-corrected chi connectivity index (χ0v) is 16.9. The van der Waals surface area contributed by atoms with Crippen LogP contribution in [0.5, 0.6) is 5.75 Å². The number of aromatic nitrogens is 1. The van der Waals surface area contributed by atoms with Gasteiger partial charge in [0.25, 0.3) is 5.91 Å². The molecule has 0 bridgehead atoms. The maximum Gasteiger partial charge on any atom is 0.257 e. The number of ether oxygens (including phenoxy) is 1. The molecule has 8 heteroatoms. The van der Waals surface area contributed by atoms with E-state index in [1.807, 2.05) is 23.1 Å². The van der Waals surface area contributed by atoms with Crippen molar-refractivity contribution in [3.8, 4) is 5.75 Å². The Balaban J connectivity index is 1.46.